The molecule has 0 spiro atoms. The first-order chi connectivity index (χ1) is 11.5. The second kappa shape index (κ2) is 7.43. The van der Waals surface area contributed by atoms with Crippen LogP contribution in [0.2, 0.25) is 5.02 Å². The molecule has 2 amide bonds. The number of carbonyl (C=O) groups is 2. The van der Waals surface area contributed by atoms with Crippen molar-refractivity contribution in [2.24, 2.45) is 5.92 Å². The Balaban J connectivity index is 1.48. The summed E-state index contributed by atoms with van der Waals surface area (Å²) in [6.45, 7) is 4.83. The van der Waals surface area contributed by atoms with Crippen molar-refractivity contribution in [2.75, 3.05) is 31.1 Å². The Kier molecular flexibility index (Phi) is 5.29. The van der Waals surface area contributed by atoms with E-state index in [2.05, 4.69) is 10.2 Å². The Labute approximate surface area is 147 Å². The Morgan fingerprint density at radius 2 is 1.96 bits per heavy atom. The van der Waals surface area contributed by atoms with Crippen molar-refractivity contribution in [1.82, 2.24) is 10.2 Å². The largest absolute Gasteiger partial charge is 0.371 e. The molecule has 5 nitrogen and oxygen atoms in total. The number of likely N-dealkylation sites (tertiary alicyclic amines) is 1. The summed E-state index contributed by atoms with van der Waals surface area (Å²) in [5.74, 6) is 0.423. The molecule has 1 N–H and O–H groups in total. The molecule has 2 fully saturated rings. The van der Waals surface area contributed by atoms with Crippen LogP contribution in [-0.2, 0) is 9.59 Å². The summed E-state index contributed by atoms with van der Waals surface area (Å²) < 4.78 is 0. The topological polar surface area (TPSA) is 52.7 Å². The molecular weight excluding hydrogens is 326 g/mol. The SMILES string of the molecule is CC(=O)N1CCC[C@H]1C(=O)NC[C@@H]1CCN(c2ccc(Cl)cc2)C1. The average molecular weight is 350 g/mol. The van der Waals surface area contributed by atoms with Gasteiger partial charge < -0.3 is 15.1 Å². The minimum Gasteiger partial charge on any atom is -0.371 e. The highest BCUT2D eigenvalue weighted by Crippen LogP contribution is 2.25. The van der Waals surface area contributed by atoms with Crippen molar-refractivity contribution < 1.29 is 9.59 Å². The number of nitrogens with one attached hydrogen (secondary N) is 1. The molecule has 2 saturated heterocycles. The summed E-state index contributed by atoms with van der Waals surface area (Å²) in [5, 5.41) is 3.80. The van der Waals surface area contributed by atoms with E-state index in [4.69, 9.17) is 11.6 Å². The van der Waals surface area contributed by atoms with Gasteiger partial charge in [0.25, 0.3) is 0 Å². The van der Waals surface area contributed by atoms with Gasteiger partial charge in [-0.15, -0.1) is 0 Å². The van der Waals surface area contributed by atoms with Gasteiger partial charge in [0, 0.05) is 43.8 Å². The Bertz CT molecular complexity index is 605. The summed E-state index contributed by atoms with van der Waals surface area (Å²) >= 11 is 5.93. The molecule has 0 aliphatic carbocycles. The molecule has 0 unspecified atom stereocenters. The van der Waals surface area contributed by atoms with Crippen LogP contribution in [0, 0.1) is 5.92 Å². The van der Waals surface area contributed by atoms with Gasteiger partial charge in [0.2, 0.25) is 11.8 Å². The zero-order valence-corrected chi connectivity index (χ0v) is 14.8. The molecule has 3 rings (SSSR count). The smallest absolute Gasteiger partial charge is 0.242 e. The van der Waals surface area contributed by atoms with Crippen LogP contribution in [-0.4, -0.2) is 48.9 Å². The second-order valence-corrected chi connectivity index (χ2v) is 7.13. The lowest BCUT2D eigenvalue weighted by Gasteiger charge is -2.23. The lowest BCUT2D eigenvalue weighted by atomic mass is 10.1. The first-order valence-electron chi connectivity index (χ1n) is 8.60. The maximum Gasteiger partial charge on any atom is 0.242 e. The van der Waals surface area contributed by atoms with Gasteiger partial charge in [0.1, 0.15) is 6.04 Å². The van der Waals surface area contributed by atoms with Gasteiger partial charge in [-0.1, -0.05) is 11.6 Å². The number of halogens is 1. The zero-order chi connectivity index (χ0) is 17.1. The predicted molar refractivity (Wildman–Crippen MR) is 95.2 cm³/mol. The highest BCUT2D eigenvalue weighted by Gasteiger charge is 2.33. The Morgan fingerprint density at radius 1 is 1.21 bits per heavy atom. The lowest BCUT2D eigenvalue weighted by molar-refractivity contribution is -0.136. The van der Waals surface area contributed by atoms with Gasteiger partial charge in [-0.2, -0.15) is 0 Å². The van der Waals surface area contributed by atoms with Crippen LogP contribution in [0.1, 0.15) is 26.2 Å². The van der Waals surface area contributed by atoms with Crippen LogP contribution in [0.5, 0.6) is 0 Å². The van der Waals surface area contributed by atoms with Gasteiger partial charge in [-0.3, -0.25) is 9.59 Å². The Morgan fingerprint density at radius 3 is 2.67 bits per heavy atom. The standard InChI is InChI=1S/C18H24ClN3O2/c1-13(23)22-9-2-3-17(22)18(24)20-11-14-8-10-21(12-14)16-6-4-15(19)5-7-16/h4-7,14,17H,2-3,8-12H2,1H3,(H,20,24)/t14-,17-/m0/s1. The average Bonchev–Trinajstić information content (AvgIpc) is 3.22. The minimum absolute atomic E-state index is 0.00681. The number of hydrogen-bond donors (Lipinski definition) is 1. The van der Waals surface area contributed by atoms with Crippen molar-refractivity contribution in [3.05, 3.63) is 29.3 Å². The highest BCUT2D eigenvalue weighted by molar-refractivity contribution is 6.30. The van der Waals surface area contributed by atoms with E-state index in [1.54, 1.807) is 4.90 Å². The summed E-state index contributed by atoms with van der Waals surface area (Å²) in [5.41, 5.74) is 1.17. The number of amides is 2. The van der Waals surface area contributed by atoms with E-state index in [0.29, 0.717) is 19.0 Å². The maximum atomic E-state index is 12.4. The second-order valence-electron chi connectivity index (χ2n) is 6.69. The third-order valence-corrected chi connectivity index (χ3v) is 5.25. The van der Waals surface area contributed by atoms with E-state index < -0.39 is 0 Å². The fourth-order valence-corrected chi connectivity index (χ4v) is 3.79. The molecule has 0 bridgehead atoms. The molecule has 24 heavy (non-hydrogen) atoms. The molecule has 2 aliphatic heterocycles. The van der Waals surface area contributed by atoms with E-state index in [1.807, 2.05) is 24.3 Å². The molecule has 0 saturated carbocycles. The van der Waals surface area contributed by atoms with Crippen LogP contribution in [0.3, 0.4) is 0 Å². The third kappa shape index (κ3) is 3.83. The summed E-state index contributed by atoms with van der Waals surface area (Å²) in [6, 6.07) is 7.60. The predicted octanol–water partition coefficient (Wildman–Crippen LogP) is 2.29. The van der Waals surface area contributed by atoms with E-state index >= 15 is 0 Å². The zero-order valence-electron chi connectivity index (χ0n) is 14.0. The molecule has 1 aromatic rings. The molecule has 2 atom stereocenters. The number of hydrogen-bond acceptors (Lipinski definition) is 3. The third-order valence-electron chi connectivity index (χ3n) is 5.00. The van der Waals surface area contributed by atoms with Crippen LogP contribution in [0.15, 0.2) is 24.3 Å². The van der Waals surface area contributed by atoms with Gasteiger partial charge in [-0.25, -0.2) is 0 Å². The van der Waals surface area contributed by atoms with Gasteiger partial charge in [0.15, 0.2) is 0 Å². The molecule has 1 aromatic carbocycles. The number of nitrogens with zero attached hydrogens (tertiary/aromatic N) is 2. The number of rotatable bonds is 4. The molecule has 2 heterocycles. The van der Waals surface area contributed by atoms with E-state index in [0.717, 1.165) is 37.4 Å². The van der Waals surface area contributed by atoms with Crippen LogP contribution in [0.4, 0.5) is 5.69 Å². The summed E-state index contributed by atoms with van der Waals surface area (Å²) in [7, 11) is 0. The fraction of sp³-hybridized carbons (Fsp3) is 0.556. The molecule has 130 valence electrons. The first-order valence-corrected chi connectivity index (χ1v) is 8.98. The first kappa shape index (κ1) is 17.1. The van der Waals surface area contributed by atoms with Crippen molar-refractivity contribution in [3.8, 4) is 0 Å². The lowest BCUT2D eigenvalue weighted by Crippen LogP contribution is -2.46. The molecular formula is C18H24ClN3O2. The fourth-order valence-electron chi connectivity index (χ4n) is 3.66. The quantitative estimate of drug-likeness (QED) is 0.907. The van der Waals surface area contributed by atoms with Crippen LogP contribution in [0.25, 0.3) is 0 Å². The number of benzene rings is 1. The Hall–Kier alpha value is -1.75. The molecule has 2 aliphatic rings. The highest BCUT2D eigenvalue weighted by atomic mass is 35.5. The van der Waals surface area contributed by atoms with Crippen molar-refractivity contribution in [2.45, 2.75) is 32.2 Å². The minimum atomic E-state index is -0.281. The number of carbonyl (C=O) groups excluding carboxylic acids is 2. The summed E-state index contributed by atoms with van der Waals surface area (Å²) in [4.78, 5) is 28.0. The monoisotopic (exact) mass is 349 g/mol. The molecule has 0 aromatic heterocycles. The van der Waals surface area contributed by atoms with Crippen LogP contribution >= 0.6 is 11.6 Å². The van der Waals surface area contributed by atoms with Crippen LogP contribution < -0.4 is 10.2 Å². The number of anilines is 1. The van der Waals surface area contributed by atoms with E-state index in [9.17, 15) is 9.59 Å². The van der Waals surface area contributed by atoms with Crippen molar-refractivity contribution in [1.29, 1.82) is 0 Å². The molecule has 6 heteroatoms. The molecule has 0 radical (unpaired) electrons. The van der Waals surface area contributed by atoms with Gasteiger partial charge >= 0.3 is 0 Å². The van der Waals surface area contributed by atoms with E-state index in [1.165, 1.54) is 12.6 Å². The van der Waals surface area contributed by atoms with Gasteiger partial charge in [-0.05, 0) is 49.4 Å². The van der Waals surface area contributed by atoms with E-state index in [-0.39, 0.29) is 17.9 Å². The normalized spacial score (nSPS) is 23.6. The maximum absolute atomic E-state index is 12.4. The van der Waals surface area contributed by atoms with Gasteiger partial charge in [0.05, 0.1) is 0 Å². The van der Waals surface area contributed by atoms with Crippen molar-refractivity contribution in [3.63, 3.8) is 0 Å². The summed E-state index contributed by atoms with van der Waals surface area (Å²) in [6.07, 6.45) is 2.74. The van der Waals surface area contributed by atoms with Crippen molar-refractivity contribution >= 4 is 29.1 Å².